The molecule has 1 saturated heterocycles. The van der Waals surface area contributed by atoms with Crippen molar-refractivity contribution < 1.29 is 9.18 Å². The summed E-state index contributed by atoms with van der Waals surface area (Å²) >= 11 is 0. The Hall–Kier alpha value is -1.42. The average Bonchev–Trinajstić information content (AvgIpc) is 2.53. The standard InChI is InChI=1S/C15H21FN2O.C2H6/c1-2-18(14-7-9-17-10-8-14)15(19)11-12-3-5-13(16)6-4-12;1-2/h3-6,14,17H,2,7-11H2,1H3;1-2H3. The lowest BCUT2D eigenvalue weighted by atomic mass is 10.0. The number of nitrogens with one attached hydrogen (secondary N) is 1. The van der Waals surface area contributed by atoms with E-state index in [0.29, 0.717) is 12.5 Å². The SMILES string of the molecule is CC.CCN(C(=O)Cc1ccc(F)cc1)C1CCNCC1. The second kappa shape index (κ2) is 9.50. The van der Waals surface area contributed by atoms with Crippen molar-refractivity contribution in [3.05, 3.63) is 35.6 Å². The highest BCUT2D eigenvalue weighted by Gasteiger charge is 2.23. The van der Waals surface area contributed by atoms with Crippen LogP contribution in [0.25, 0.3) is 0 Å². The first-order chi connectivity index (χ1) is 10.2. The molecular formula is C17H27FN2O. The molecule has 21 heavy (non-hydrogen) atoms. The maximum absolute atomic E-state index is 12.8. The maximum atomic E-state index is 12.8. The summed E-state index contributed by atoms with van der Waals surface area (Å²) in [5.41, 5.74) is 0.874. The van der Waals surface area contributed by atoms with Crippen molar-refractivity contribution in [2.75, 3.05) is 19.6 Å². The van der Waals surface area contributed by atoms with Gasteiger partial charge in [-0.15, -0.1) is 0 Å². The van der Waals surface area contributed by atoms with E-state index in [1.807, 2.05) is 25.7 Å². The third-order valence-electron chi connectivity index (χ3n) is 3.68. The van der Waals surface area contributed by atoms with Crippen LogP contribution in [0.2, 0.25) is 0 Å². The summed E-state index contributed by atoms with van der Waals surface area (Å²) in [4.78, 5) is 14.3. The second-order valence-corrected chi connectivity index (χ2v) is 4.96. The number of piperidine rings is 1. The third kappa shape index (κ3) is 5.46. The maximum Gasteiger partial charge on any atom is 0.227 e. The molecule has 0 spiro atoms. The minimum absolute atomic E-state index is 0.140. The number of hydrogen-bond acceptors (Lipinski definition) is 2. The molecule has 1 heterocycles. The Labute approximate surface area is 127 Å². The van der Waals surface area contributed by atoms with Gasteiger partial charge in [0.1, 0.15) is 5.82 Å². The number of rotatable bonds is 4. The molecule has 1 fully saturated rings. The van der Waals surface area contributed by atoms with Crippen LogP contribution in [0.3, 0.4) is 0 Å². The summed E-state index contributed by atoms with van der Waals surface area (Å²) in [5, 5.41) is 3.31. The first-order valence-electron chi connectivity index (χ1n) is 7.95. The third-order valence-corrected chi connectivity index (χ3v) is 3.68. The molecule has 0 atom stereocenters. The fourth-order valence-electron chi connectivity index (χ4n) is 2.63. The lowest BCUT2D eigenvalue weighted by Gasteiger charge is -2.34. The number of carbonyl (C=O) groups excluding carboxylic acids is 1. The minimum Gasteiger partial charge on any atom is -0.340 e. The Morgan fingerprint density at radius 1 is 1.24 bits per heavy atom. The molecule has 0 unspecified atom stereocenters. The summed E-state index contributed by atoms with van der Waals surface area (Å²) < 4.78 is 12.8. The van der Waals surface area contributed by atoms with E-state index in [1.165, 1.54) is 12.1 Å². The first-order valence-corrected chi connectivity index (χ1v) is 7.95. The number of halogens is 1. The largest absolute Gasteiger partial charge is 0.340 e. The smallest absolute Gasteiger partial charge is 0.227 e. The molecule has 1 aliphatic rings. The molecule has 1 amide bonds. The van der Waals surface area contributed by atoms with E-state index >= 15 is 0 Å². The first kappa shape index (κ1) is 17.6. The average molecular weight is 294 g/mol. The van der Waals surface area contributed by atoms with Gasteiger partial charge in [0.15, 0.2) is 0 Å². The van der Waals surface area contributed by atoms with Gasteiger partial charge >= 0.3 is 0 Å². The van der Waals surface area contributed by atoms with Crippen molar-refractivity contribution in [1.82, 2.24) is 10.2 Å². The highest BCUT2D eigenvalue weighted by molar-refractivity contribution is 5.79. The Kier molecular flexibility index (Phi) is 7.98. The Balaban J connectivity index is 0.00000106. The molecule has 118 valence electrons. The summed E-state index contributed by atoms with van der Waals surface area (Å²) in [5.74, 6) is -0.122. The number of carbonyl (C=O) groups is 1. The van der Waals surface area contributed by atoms with E-state index in [0.717, 1.165) is 38.0 Å². The summed E-state index contributed by atoms with van der Waals surface area (Å²) in [6, 6.07) is 6.53. The quantitative estimate of drug-likeness (QED) is 0.926. The summed E-state index contributed by atoms with van der Waals surface area (Å²) in [6.45, 7) is 8.71. The van der Waals surface area contributed by atoms with Crippen molar-refractivity contribution in [3.63, 3.8) is 0 Å². The molecule has 0 aromatic heterocycles. The number of likely N-dealkylation sites (N-methyl/N-ethyl adjacent to an activating group) is 1. The number of hydrogen-bond donors (Lipinski definition) is 1. The van der Waals surface area contributed by atoms with Crippen molar-refractivity contribution >= 4 is 5.91 Å². The number of amides is 1. The van der Waals surface area contributed by atoms with Crippen molar-refractivity contribution in [2.24, 2.45) is 0 Å². The van der Waals surface area contributed by atoms with Crippen molar-refractivity contribution in [2.45, 2.75) is 46.1 Å². The number of benzene rings is 1. The van der Waals surface area contributed by atoms with E-state index in [4.69, 9.17) is 0 Å². The molecule has 0 radical (unpaired) electrons. The molecule has 2 rings (SSSR count). The molecule has 3 nitrogen and oxygen atoms in total. The fraction of sp³-hybridized carbons (Fsp3) is 0.588. The van der Waals surface area contributed by atoms with Crippen molar-refractivity contribution in [3.8, 4) is 0 Å². The monoisotopic (exact) mass is 294 g/mol. The zero-order valence-corrected chi connectivity index (χ0v) is 13.4. The van der Waals surface area contributed by atoms with Gasteiger partial charge in [-0.05, 0) is 50.6 Å². The fourth-order valence-corrected chi connectivity index (χ4v) is 2.63. The van der Waals surface area contributed by atoms with Crippen molar-refractivity contribution in [1.29, 1.82) is 0 Å². The Morgan fingerprint density at radius 2 is 1.81 bits per heavy atom. The van der Waals surface area contributed by atoms with Gasteiger partial charge in [-0.1, -0.05) is 26.0 Å². The van der Waals surface area contributed by atoms with E-state index in [9.17, 15) is 9.18 Å². The van der Waals surface area contributed by atoms with Crippen LogP contribution in [0.4, 0.5) is 4.39 Å². The van der Waals surface area contributed by atoms with Gasteiger partial charge in [0.2, 0.25) is 5.91 Å². The van der Waals surface area contributed by atoms with Crippen LogP contribution in [-0.4, -0.2) is 36.5 Å². The molecule has 4 heteroatoms. The van der Waals surface area contributed by atoms with E-state index < -0.39 is 0 Å². The van der Waals surface area contributed by atoms with Gasteiger partial charge in [0, 0.05) is 12.6 Å². The Morgan fingerprint density at radius 3 is 2.33 bits per heavy atom. The summed E-state index contributed by atoms with van der Waals surface area (Å²) in [7, 11) is 0. The van der Waals surface area contributed by atoms with Gasteiger partial charge in [-0.3, -0.25) is 4.79 Å². The number of nitrogens with zero attached hydrogens (tertiary/aromatic N) is 1. The topological polar surface area (TPSA) is 32.3 Å². The molecular weight excluding hydrogens is 267 g/mol. The molecule has 1 N–H and O–H groups in total. The Bertz CT molecular complexity index is 413. The minimum atomic E-state index is -0.262. The normalized spacial score (nSPS) is 15.0. The molecule has 0 aliphatic carbocycles. The molecule has 0 saturated carbocycles. The predicted molar refractivity (Wildman–Crippen MR) is 84.7 cm³/mol. The van der Waals surface area contributed by atoms with Gasteiger partial charge in [0.05, 0.1) is 6.42 Å². The van der Waals surface area contributed by atoms with Crippen LogP contribution in [0.1, 0.15) is 39.2 Å². The van der Waals surface area contributed by atoms with Gasteiger partial charge in [-0.25, -0.2) is 4.39 Å². The molecule has 1 aromatic rings. The van der Waals surface area contributed by atoms with Crippen LogP contribution in [-0.2, 0) is 11.2 Å². The summed E-state index contributed by atoms with van der Waals surface area (Å²) in [6.07, 6.45) is 2.39. The van der Waals surface area contributed by atoms with Crippen LogP contribution in [0.15, 0.2) is 24.3 Å². The zero-order chi connectivity index (χ0) is 15.7. The molecule has 1 aromatic carbocycles. The van der Waals surface area contributed by atoms with Crippen LogP contribution < -0.4 is 5.32 Å². The van der Waals surface area contributed by atoms with Gasteiger partial charge < -0.3 is 10.2 Å². The molecule has 1 aliphatic heterocycles. The van der Waals surface area contributed by atoms with E-state index in [2.05, 4.69) is 5.32 Å². The van der Waals surface area contributed by atoms with Gasteiger partial charge in [0.25, 0.3) is 0 Å². The van der Waals surface area contributed by atoms with Crippen LogP contribution in [0, 0.1) is 5.82 Å². The molecule has 0 bridgehead atoms. The van der Waals surface area contributed by atoms with Crippen LogP contribution >= 0.6 is 0 Å². The lowest BCUT2D eigenvalue weighted by molar-refractivity contribution is -0.133. The van der Waals surface area contributed by atoms with Crippen LogP contribution in [0.5, 0.6) is 0 Å². The van der Waals surface area contributed by atoms with E-state index in [1.54, 1.807) is 12.1 Å². The zero-order valence-electron chi connectivity index (χ0n) is 13.4. The van der Waals surface area contributed by atoms with Gasteiger partial charge in [-0.2, -0.15) is 0 Å². The van der Waals surface area contributed by atoms with E-state index in [-0.39, 0.29) is 11.7 Å². The highest BCUT2D eigenvalue weighted by Crippen LogP contribution is 2.14. The second-order valence-electron chi connectivity index (χ2n) is 4.96. The lowest BCUT2D eigenvalue weighted by Crippen LogP contribution is -2.46. The predicted octanol–water partition coefficient (Wildman–Crippen LogP) is 2.99. The highest BCUT2D eigenvalue weighted by atomic mass is 19.1.